The second-order valence-corrected chi connectivity index (χ2v) is 7.12. The first-order chi connectivity index (χ1) is 11.1. The van der Waals surface area contributed by atoms with E-state index >= 15 is 0 Å². The molecule has 0 fully saturated rings. The summed E-state index contributed by atoms with van der Waals surface area (Å²) in [5.41, 5.74) is -0.0935. The third-order valence-electron chi connectivity index (χ3n) is 3.14. The average Bonchev–Trinajstić information content (AvgIpc) is 2.44. The summed E-state index contributed by atoms with van der Waals surface area (Å²) >= 11 is 0. The van der Waals surface area contributed by atoms with Gasteiger partial charge < -0.3 is 14.6 Å². The van der Waals surface area contributed by atoms with E-state index in [-0.39, 0.29) is 13.0 Å². The third-order valence-corrected chi connectivity index (χ3v) is 3.14. The fraction of sp³-hybridized carbons (Fsp3) is 0.611. The fourth-order valence-electron chi connectivity index (χ4n) is 2.16. The van der Waals surface area contributed by atoms with Crippen molar-refractivity contribution in [2.24, 2.45) is 0 Å². The fourth-order valence-corrected chi connectivity index (χ4v) is 2.16. The van der Waals surface area contributed by atoms with Crippen LogP contribution < -0.4 is 5.32 Å². The Morgan fingerprint density at radius 3 is 2.25 bits per heavy atom. The highest BCUT2D eigenvalue weighted by Gasteiger charge is 2.28. The Bertz CT molecular complexity index is 523. The molecule has 136 valence electrons. The van der Waals surface area contributed by atoms with Gasteiger partial charge in [0.2, 0.25) is 0 Å². The van der Waals surface area contributed by atoms with Crippen molar-refractivity contribution in [3.8, 4) is 0 Å². The summed E-state index contributed by atoms with van der Waals surface area (Å²) in [6, 6.07) is 7.10. The molecule has 0 bridgehead atoms. The van der Waals surface area contributed by atoms with E-state index in [1.54, 1.807) is 58.9 Å². The Hall–Kier alpha value is -1.66. The number of benzene rings is 1. The van der Waals surface area contributed by atoms with Gasteiger partial charge in [0, 0.05) is 6.42 Å². The topological polar surface area (TPSA) is 67.8 Å². The van der Waals surface area contributed by atoms with Crippen molar-refractivity contribution in [2.75, 3.05) is 6.67 Å². The second kappa shape index (κ2) is 8.44. The summed E-state index contributed by atoms with van der Waals surface area (Å²) in [7, 11) is 0. The number of hydrogen-bond acceptors (Lipinski definition) is 4. The first-order valence-corrected chi connectivity index (χ1v) is 8.01. The Morgan fingerprint density at radius 1 is 1.21 bits per heavy atom. The molecule has 1 aromatic rings. The molecule has 24 heavy (non-hydrogen) atoms. The predicted octanol–water partition coefficient (Wildman–Crippen LogP) is 3.86. The molecule has 0 saturated heterocycles. The van der Waals surface area contributed by atoms with E-state index in [9.17, 15) is 9.18 Å². The number of aliphatic hydroxyl groups is 1. The van der Waals surface area contributed by atoms with Crippen LogP contribution in [0.5, 0.6) is 0 Å². The van der Waals surface area contributed by atoms with E-state index in [0.29, 0.717) is 0 Å². The van der Waals surface area contributed by atoms with Crippen molar-refractivity contribution in [3.05, 3.63) is 35.4 Å². The van der Waals surface area contributed by atoms with Gasteiger partial charge in [0.05, 0.1) is 19.4 Å². The van der Waals surface area contributed by atoms with Gasteiger partial charge in [0.15, 0.2) is 0 Å². The number of ether oxygens (including phenoxy) is 2. The first kappa shape index (κ1) is 20.4. The van der Waals surface area contributed by atoms with E-state index in [2.05, 4.69) is 5.32 Å². The molecule has 1 amide bonds. The highest BCUT2D eigenvalue weighted by Crippen LogP contribution is 2.27. The van der Waals surface area contributed by atoms with E-state index in [1.807, 2.05) is 0 Å². The molecule has 0 heterocycles. The normalized spacial score (nSPS) is 13.5. The van der Waals surface area contributed by atoms with Crippen LogP contribution >= 0.6 is 0 Å². The van der Waals surface area contributed by atoms with E-state index in [4.69, 9.17) is 14.6 Å². The number of alkyl carbamates (subject to hydrolysis) is 1. The molecule has 0 aliphatic rings. The van der Waals surface area contributed by atoms with Crippen LogP contribution in [0.3, 0.4) is 0 Å². The molecule has 6 heteroatoms. The van der Waals surface area contributed by atoms with Gasteiger partial charge in [-0.25, -0.2) is 4.79 Å². The minimum Gasteiger partial charge on any atom is -0.444 e. The van der Waals surface area contributed by atoms with Crippen LogP contribution in [0.15, 0.2) is 24.3 Å². The molecule has 0 spiro atoms. The Kier molecular flexibility index (Phi) is 7.17. The lowest BCUT2D eigenvalue weighted by molar-refractivity contribution is -0.0979. The standard InChI is InChI=1S/C18H28FNO4/c1-17(2,3)24-16(22)20-18(4,5)23-15(10-11-19)14-8-6-13(12-21)7-9-14/h6-9,15,21H,10-12H2,1-5H3,(H,20,22)/t15-/m0/s1. The van der Waals surface area contributed by atoms with Gasteiger partial charge in [-0.3, -0.25) is 9.71 Å². The zero-order valence-electron chi connectivity index (χ0n) is 15.1. The summed E-state index contributed by atoms with van der Waals surface area (Å²) < 4.78 is 24.0. The Morgan fingerprint density at radius 2 is 1.79 bits per heavy atom. The van der Waals surface area contributed by atoms with Gasteiger partial charge in [0.1, 0.15) is 11.3 Å². The van der Waals surface area contributed by atoms with Gasteiger partial charge in [-0.15, -0.1) is 0 Å². The SMILES string of the molecule is CC(C)(C)OC(=O)NC(C)(C)O[C@@H](CCF)c1ccc(CO)cc1. The maximum absolute atomic E-state index is 12.9. The summed E-state index contributed by atoms with van der Waals surface area (Å²) in [6.07, 6.45) is -0.951. The Labute approximate surface area is 143 Å². The zero-order valence-corrected chi connectivity index (χ0v) is 15.1. The van der Waals surface area contributed by atoms with Crippen LogP contribution in [0.1, 0.15) is 58.3 Å². The molecular weight excluding hydrogens is 313 g/mol. The largest absolute Gasteiger partial charge is 0.444 e. The van der Waals surface area contributed by atoms with Crippen LogP contribution in [0.25, 0.3) is 0 Å². The van der Waals surface area contributed by atoms with Crippen LogP contribution in [0, 0.1) is 0 Å². The van der Waals surface area contributed by atoms with Gasteiger partial charge >= 0.3 is 6.09 Å². The van der Waals surface area contributed by atoms with Crippen molar-refractivity contribution >= 4 is 6.09 Å². The van der Waals surface area contributed by atoms with E-state index in [1.165, 1.54) is 0 Å². The summed E-state index contributed by atoms with van der Waals surface area (Å²) in [6.45, 7) is 8.09. The van der Waals surface area contributed by atoms with Gasteiger partial charge in [-0.1, -0.05) is 24.3 Å². The quantitative estimate of drug-likeness (QED) is 0.739. The molecule has 1 atom stereocenters. The van der Waals surface area contributed by atoms with Crippen LogP contribution in [0.2, 0.25) is 0 Å². The molecule has 0 aliphatic heterocycles. The molecule has 2 N–H and O–H groups in total. The number of alkyl halides is 1. The molecule has 1 rings (SSSR count). The van der Waals surface area contributed by atoms with Gasteiger partial charge in [-0.2, -0.15) is 0 Å². The lowest BCUT2D eigenvalue weighted by atomic mass is 10.0. The summed E-state index contributed by atoms with van der Waals surface area (Å²) in [5.74, 6) is 0. The Balaban J connectivity index is 2.79. The molecule has 0 aliphatic carbocycles. The summed E-state index contributed by atoms with van der Waals surface area (Å²) in [5, 5.41) is 11.7. The number of hydrogen-bond donors (Lipinski definition) is 2. The first-order valence-electron chi connectivity index (χ1n) is 8.01. The van der Waals surface area contributed by atoms with Crippen molar-refractivity contribution in [3.63, 3.8) is 0 Å². The number of nitrogens with one attached hydrogen (secondary N) is 1. The van der Waals surface area contributed by atoms with Gasteiger partial charge in [0.25, 0.3) is 0 Å². The van der Waals surface area contributed by atoms with Crippen molar-refractivity contribution in [1.29, 1.82) is 0 Å². The lowest BCUT2D eigenvalue weighted by Gasteiger charge is -2.32. The number of carbonyl (C=O) groups excluding carboxylic acids is 1. The minimum atomic E-state index is -1.03. The number of carbonyl (C=O) groups is 1. The second-order valence-electron chi connectivity index (χ2n) is 7.12. The average molecular weight is 341 g/mol. The van der Waals surface area contributed by atoms with Crippen molar-refractivity contribution in [1.82, 2.24) is 5.32 Å². The molecule has 1 aromatic carbocycles. The van der Waals surface area contributed by atoms with Crippen molar-refractivity contribution in [2.45, 2.75) is 65.1 Å². The minimum absolute atomic E-state index is 0.0550. The third kappa shape index (κ3) is 7.27. The maximum Gasteiger partial charge on any atom is 0.409 e. The van der Waals surface area contributed by atoms with Crippen LogP contribution in [-0.4, -0.2) is 29.2 Å². The summed E-state index contributed by atoms with van der Waals surface area (Å²) in [4.78, 5) is 11.9. The van der Waals surface area contributed by atoms with Crippen LogP contribution in [0.4, 0.5) is 9.18 Å². The number of aliphatic hydroxyl groups excluding tert-OH is 1. The highest BCUT2D eigenvalue weighted by atomic mass is 19.1. The molecule has 0 unspecified atom stereocenters. The van der Waals surface area contributed by atoms with Crippen molar-refractivity contribution < 1.29 is 23.8 Å². The van der Waals surface area contributed by atoms with E-state index in [0.717, 1.165) is 11.1 Å². The number of halogens is 1. The number of amides is 1. The van der Waals surface area contributed by atoms with Crippen LogP contribution in [-0.2, 0) is 16.1 Å². The lowest BCUT2D eigenvalue weighted by Crippen LogP contribution is -2.48. The van der Waals surface area contributed by atoms with E-state index < -0.39 is 30.2 Å². The van der Waals surface area contributed by atoms with Gasteiger partial charge in [-0.05, 0) is 45.7 Å². The molecular formula is C18H28FNO4. The number of rotatable bonds is 7. The molecule has 5 nitrogen and oxygen atoms in total. The molecule has 0 radical (unpaired) electrons. The molecule has 0 saturated carbocycles. The molecule has 0 aromatic heterocycles. The maximum atomic E-state index is 12.9. The monoisotopic (exact) mass is 341 g/mol. The highest BCUT2D eigenvalue weighted by molar-refractivity contribution is 5.68. The smallest absolute Gasteiger partial charge is 0.409 e. The predicted molar refractivity (Wildman–Crippen MR) is 90.2 cm³/mol. The zero-order chi connectivity index (χ0) is 18.4.